The second kappa shape index (κ2) is 11.3. The van der Waals surface area contributed by atoms with Crippen LogP contribution in [-0.2, 0) is 32.7 Å². The summed E-state index contributed by atoms with van der Waals surface area (Å²) >= 11 is 0. The van der Waals surface area contributed by atoms with Crippen LogP contribution in [0.1, 0.15) is 16.7 Å². The lowest BCUT2D eigenvalue weighted by Crippen LogP contribution is -2.34. The number of carbonyl (C=O) groups is 1. The standard InChI is InChI=1S/C16H17NO2.C7H8O3S/c17-15(11-13-7-3-1-4-8-13)16(18)19-12-14-9-5-2-6-10-14;1-6-4-2-3-5-7(6)11(8,9)10/h1-10,15H,11-12,17H2;2-5H,1H3,(H,8,9,10)/t15-;/m0./s1. The summed E-state index contributed by atoms with van der Waals surface area (Å²) in [6.45, 7) is 1.89. The van der Waals surface area contributed by atoms with E-state index in [2.05, 4.69) is 0 Å². The zero-order valence-corrected chi connectivity index (χ0v) is 17.5. The zero-order valence-electron chi connectivity index (χ0n) is 16.6. The Bertz CT molecular complexity index is 1040. The highest BCUT2D eigenvalue weighted by Crippen LogP contribution is 2.12. The molecule has 3 aromatic rings. The average molecular weight is 428 g/mol. The highest BCUT2D eigenvalue weighted by atomic mass is 32.2. The number of nitrogens with two attached hydrogens (primary N) is 1. The number of aryl methyl sites for hydroxylation is 1. The molecule has 0 spiro atoms. The van der Waals surface area contributed by atoms with Gasteiger partial charge in [0.25, 0.3) is 10.1 Å². The lowest BCUT2D eigenvalue weighted by Gasteiger charge is -2.11. The molecule has 0 unspecified atom stereocenters. The van der Waals surface area contributed by atoms with Crippen LogP contribution in [0, 0.1) is 6.92 Å². The van der Waals surface area contributed by atoms with Crippen LogP contribution in [0.2, 0.25) is 0 Å². The van der Waals surface area contributed by atoms with Gasteiger partial charge in [-0.2, -0.15) is 8.42 Å². The van der Waals surface area contributed by atoms with E-state index in [-0.39, 0.29) is 17.5 Å². The molecule has 30 heavy (non-hydrogen) atoms. The molecule has 0 aliphatic heterocycles. The Morgan fingerprint density at radius 1 is 0.900 bits per heavy atom. The van der Waals surface area contributed by atoms with E-state index in [4.69, 9.17) is 15.0 Å². The van der Waals surface area contributed by atoms with E-state index in [1.54, 1.807) is 25.1 Å². The molecule has 0 aliphatic rings. The van der Waals surface area contributed by atoms with Gasteiger partial charge in [0.1, 0.15) is 12.6 Å². The fraction of sp³-hybridized carbons (Fsp3) is 0.174. The second-order valence-corrected chi connectivity index (χ2v) is 8.02. The number of benzene rings is 3. The molecule has 6 nitrogen and oxygen atoms in total. The van der Waals surface area contributed by atoms with E-state index in [1.807, 2.05) is 60.7 Å². The first kappa shape index (κ1) is 23.3. The second-order valence-electron chi connectivity index (χ2n) is 6.63. The lowest BCUT2D eigenvalue weighted by molar-refractivity contribution is -0.146. The fourth-order valence-corrected chi connectivity index (χ4v) is 3.36. The molecule has 0 heterocycles. The minimum atomic E-state index is -4.03. The van der Waals surface area contributed by atoms with Crippen LogP contribution in [0.4, 0.5) is 0 Å². The van der Waals surface area contributed by atoms with Gasteiger partial charge in [0.2, 0.25) is 0 Å². The molecule has 3 aromatic carbocycles. The highest BCUT2D eigenvalue weighted by Gasteiger charge is 2.15. The maximum Gasteiger partial charge on any atom is 0.323 e. The summed E-state index contributed by atoms with van der Waals surface area (Å²) in [6, 6.07) is 24.9. The van der Waals surface area contributed by atoms with E-state index in [1.165, 1.54) is 6.07 Å². The van der Waals surface area contributed by atoms with Crippen LogP contribution in [-0.4, -0.2) is 25.0 Å². The molecule has 3 rings (SSSR count). The van der Waals surface area contributed by atoms with E-state index >= 15 is 0 Å². The van der Waals surface area contributed by atoms with Crippen molar-refractivity contribution < 1.29 is 22.5 Å². The van der Waals surface area contributed by atoms with E-state index < -0.39 is 16.2 Å². The van der Waals surface area contributed by atoms with Crippen LogP contribution in [0.15, 0.2) is 89.8 Å². The van der Waals surface area contributed by atoms with Crippen molar-refractivity contribution in [3.05, 3.63) is 102 Å². The smallest absolute Gasteiger partial charge is 0.323 e. The summed E-state index contributed by atoms with van der Waals surface area (Å²) in [6.07, 6.45) is 0.495. The molecule has 0 radical (unpaired) electrons. The van der Waals surface area contributed by atoms with Gasteiger partial charge in [-0.15, -0.1) is 0 Å². The van der Waals surface area contributed by atoms with Crippen molar-refractivity contribution in [1.82, 2.24) is 0 Å². The molecule has 0 fully saturated rings. The first-order valence-corrected chi connectivity index (χ1v) is 10.7. The van der Waals surface area contributed by atoms with Crippen LogP contribution in [0.5, 0.6) is 0 Å². The summed E-state index contributed by atoms with van der Waals surface area (Å²) in [5.41, 5.74) is 8.38. The average Bonchev–Trinajstić information content (AvgIpc) is 2.73. The molecule has 1 atom stereocenters. The summed E-state index contributed by atoms with van der Waals surface area (Å²) < 4.78 is 35.1. The number of esters is 1. The van der Waals surface area contributed by atoms with Crippen molar-refractivity contribution >= 4 is 16.1 Å². The Hall–Kier alpha value is -3.00. The van der Waals surface area contributed by atoms with Crippen molar-refractivity contribution in [2.24, 2.45) is 5.73 Å². The quantitative estimate of drug-likeness (QED) is 0.460. The summed E-state index contributed by atoms with van der Waals surface area (Å²) in [4.78, 5) is 11.7. The third kappa shape index (κ3) is 7.79. The van der Waals surface area contributed by atoms with E-state index in [0.29, 0.717) is 12.0 Å². The summed E-state index contributed by atoms with van der Waals surface area (Å²) in [7, 11) is -4.03. The van der Waals surface area contributed by atoms with Gasteiger partial charge in [-0.1, -0.05) is 78.9 Å². The maximum absolute atomic E-state index is 11.8. The van der Waals surface area contributed by atoms with Gasteiger partial charge < -0.3 is 10.5 Å². The Balaban J connectivity index is 0.000000248. The first-order chi connectivity index (χ1) is 14.3. The molecule has 0 aliphatic carbocycles. The van der Waals surface area contributed by atoms with Crippen molar-refractivity contribution in [3.8, 4) is 0 Å². The fourth-order valence-electron chi connectivity index (χ4n) is 2.63. The van der Waals surface area contributed by atoms with Crippen LogP contribution in [0.3, 0.4) is 0 Å². The minimum absolute atomic E-state index is 0.0278. The molecule has 0 aromatic heterocycles. The normalized spacial score (nSPS) is 11.7. The summed E-state index contributed by atoms with van der Waals surface area (Å²) in [5.74, 6) is -0.368. The lowest BCUT2D eigenvalue weighted by atomic mass is 10.1. The van der Waals surface area contributed by atoms with Gasteiger partial charge >= 0.3 is 5.97 Å². The van der Waals surface area contributed by atoms with Gasteiger partial charge in [0.05, 0.1) is 4.90 Å². The van der Waals surface area contributed by atoms with Crippen LogP contribution < -0.4 is 5.73 Å². The number of hydrogen-bond donors (Lipinski definition) is 2. The predicted molar refractivity (Wildman–Crippen MR) is 115 cm³/mol. The molecule has 158 valence electrons. The first-order valence-electron chi connectivity index (χ1n) is 9.30. The Labute approximate surface area is 177 Å². The van der Waals surface area contributed by atoms with Crippen molar-refractivity contribution in [3.63, 3.8) is 0 Å². The van der Waals surface area contributed by atoms with Gasteiger partial charge in [0, 0.05) is 0 Å². The summed E-state index contributed by atoms with van der Waals surface area (Å²) in [5, 5.41) is 0. The molecular formula is C23H25NO5S. The molecule has 3 N–H and O–H groups in total. The molecule has 0 amide bonds. The third-order valence-corrected chi connectivity index (χ3v) is 5.21. The number of ether oxygens (including phenoxy) is 1. The monoisotopic (exact) mass is 427 g/mol. The van der Waals surface area contributed by atoms with Crippen LogP contribution >= 0.6 is 0 Å². The SMILES string of the molecule is Cc1ccccc1S(=O)(=O)O.N[C@@H](Cc1ccccc1)C(=O)OCc1ccccc1. The topological polar surface area (TPSA) is 107 Å². The Morgan fingerprint density at radius 2 is 1.40 bits per heavy atom. The Kier molecular flexibility index (Phi) is 8.73. The number of carbonyl (C=O) groups excluding carboxylic acids is 1. The van der Waals surface area contributed by atoms with Gasteiger partial charge in [-0.05, 0) is 36.1 Å². The van der Waals surface area contributed by atoms with Gasteiger partial charge in [0.15, 0.2) is 0 Å². The molecule has 0 saturated carbocycles. The van der Waals surface area contributed by atoms with Gasteiger partial charge in [-0.3, -0.25) is 9.35 Å². The van der Waals surface area contributed by atoms with Gasteiger partial charge in [-0.25, -0.2) is 0 Å². The van der Waals surface area contributed by atoms with Crippen LogP contribution in [0.25, 0.3) is 0 Å². The van der Waals surface area contributed by atoms with Crippen molar-refractivity contribution in [1.29, 1.82) is 0 Å². The van der Waals surface area contributed by atoms with E-state index in [9.17, 15) is 13.2 Å². The minimum Gasteiger partial charge on any atom is -0.460 e. The molecule has 0 bridgehead atoms. The van der Waals surface area contributed by atoms with Crippen molar-refractivity contribution in [2.45, 2.75) is 30.9 Å². The molecular weight excluding hydrogens is 402 g/mol. The highest BCUT2D eigenvalue weighted by molar-refractivity contribution is 7.85. The molecule has 7 heteroatoms. The predicted octanol–water partition coefficient (Wildman–Crippen LogP) is 3.54. The Morgan fingerprint density at radius 3 is 1.90 bits per heavy atom. The van der Waals surface area contributed by atoms with Crippen molar-refractivity contribution in [2.75, 3.05) is 0 Å². The maximum atomic E-state index is 11.8. The number of hydrogen-bond acceptors (Lipinski definition) is 5. The van der Waals surface area contributed by atoms with E-state index in [0.717, 1.165) is 11.1 Å². The zero-order chi connectivity index (χ0) is 22.0. The molecule has 0 saturated heterocycles. The third-order valence-electron chi connectivity index (χ3n) is 4.20. The largest absolute Gasteiger partial charge is 0.460 e. The number of rotatable bonds is 6.